The number of hydrogen-bond donors (Lipinski definition) is 1. The fraction of sp³-hybridized carbons (Fsp3) is 0.300. The minimum absolute atomic E-state index is 0.0106. The van der Waals surface area contributed by atoms with Gasteiger partial charge in [0.25, 0.3) is 0 Å². The highest BCUT2D eigenvalue weighted by Crippen LogP contribution is 2.28. The molecular formula is C10H9Cl2FN2S. The molecule has 16 heavy (non-hydrogen) atoms. The first-order valence-corrected chi connectivity index (χ1v) is 6.50. The zero-order chi connectivity index (χ0) is 11.5. The summed E-state index contributed by atoms with van der Waals surface area (Å²) in [6, 6.07) is 3.00. The quantitative estimate of drug-likeness (QED) is 0.785. The van der Waals surface area contributed by atoms with E-state index in [1.54, 1.807) is 11.8 Å². The van der Waals surface area contributed by atoms with Gasteiger partial charge in [0, 0.05) is 18.0 Å². The van der Waals surface area contributed by atoms with E-state index in [1.807, 2.05) is 0 Å². The van der Waals surface area contributed by atoms with Crippen molar-refractivity contribution < 1.29 is 4.39 Å². The van der Waals surface area contributed by atoms with Gasteiger partial charge in [0.1, 0.15) is 0 Å². The van der Waals surface area contributed by atoms with E-state index >= 15 is 0 Å². The predicted octanol–water partition coefficient (Wildman–Crippen LogP) is 4.04. The molecular weight excluding hydrogens is 270 g/mol. The highest BCUT2D eigenvalue weighted by Gasteiger charge is 2.10. The summed E-state index contributed by atoms with van der Waals surface area (Å²) in [5.74, 6) is 0.446. The SMILES string of the molecule is Fc1c(Cl)cc(NC2=NCCCS2)cc1Cl. The predicted molar refractivity (Wildman–Crippen MR) is 69.4 cm³/mol. The zero-order valence-corrected chi connectivity index (χ0v) is 10.6. The van der Waals surface area contributed by atoms with E-state index in [9.17, 15) is 4.39 Å². The Morgan fingerprint density at radius 1 is 1.31 bits per heavy atom. The Hall–Kier alpha value is -0.450. The summed E-state index contributed by atoms with van der Waals surface area (Å²) in [6.45, 7) is 0.817. The van der Waals surface area contributed by atoms with Crippen LogP contribution in [0.3, 0.4) is 0 Å². The van der Waals surface area contributed by atoms with Crippen LogP contribution in [-0.4, -0.2) is 17.5 Å². The second kappa shape index (κ2) is 5.25. The van der Waals surface area contributed by atoms with E-state index in [0.717, 1.165) is 23.9 Å². The van der Waals surface area contributed by atoms with Crippen LogP contribution in [0.2, 0.25) is 10.0 Å². The first kappa shape index (κ1) is 12.0. The molecule has 0 fully saturated rings. The highest BCUT2D eigenvalue weighted by atomic mass is 35.5. The zero-order valence-electron chi connectivity index (χ0n) is 8.27. The number of benzene rings is 1. The first-order valence-electron chi connectivity index (χ1n) is 4.75. The van der Waals surface area contributed by atoms with E-state index in [1.165, 1.54) is 12.1 Å². The van der Waals surface area contributed by atoms with Crippen molar-refractivity contribution in [1.82, 2.24) is 0 Å². The summed E-state index contributed by atoms with van der Waals surface area (Å²) in [5, 5.41) is 3.91. The molecule has 1 heterocycles. The van der Waals surface area contributed by atoms with Crippen molar-refractivity contribution in [2.75, 3.05) is 17.6 Å². The van der Waals surface area contributed by atoms with Crippen LogP contribution in [-0.2, 0) is 0 Å². The van der Waals surface area contributed by atoms with E-state index < -0.39 is 5.82 Å². The first-order chi connectivity index (χ1) is 7.66. The fourth-order valence-corrected chi connectivity index (χ4v) is 2.61. The Morgan fingerprint density at radius 2 is 2.00 bits per heavy atom. The number of nitrogens with zero attached hydrogens (tertiary/aromatic N) is 1. The van der Waals surface area contributed by atoms with Gasteiger partial charge in [-0.15, -0.1) is 0 Å². The lowest BCUT2D eigenvalue weighted by Crippen LogP contribution is -2.13. The molecule has 0 radical (unpaired) electrons. The Kier molecular flexibility index (Phi) is 3.95. The second-order valence-electron chi connectivity index (χ2n) is 3.27. The van der Waals surface area contributed by atoms with Crippen LogP contribution in [0.25, 0.3) is 0 Å². The Labute approximate surface area is 107 Å². The third kappa shape index (κ3) is 2.81. The molecule has 2 nitrogen and oxygen atoms in total. The lowest BCUT2D eigenvalue weighted by molar-refractivity contribution is 0.629. The molecule has 1 aliphatic heterocycles. The molecule has 6 heteroatoms. The fourth-order valence-electron chi connectivity index (χ4n) is 1.29. The van der Waals surface area contributed by atoms with Gasteiger partial charge >= 0.3 is 0 Å². The van der Waals surface area contributed by atoms with Gasteiger partial charge < -0.3 is 5.32 Å². The van der Waals surface area contributed by atoms with E-state index in [2.05, 4.69) is 10.3 Å². The summed E-state index contributed by atoms with van der Waals surface area (Å²) in [5.41, 5.74) is 0.657. The summed E-state index contributed by atoms with van der Waals surface area (Å²) >= 11 is 13.0. The maximum absolute atomic E-state index is 13.2. The van der Waals surface area contributed by atoms with Crippen LogP contribution in [0.15, 0.2) is 17.1 Å². The molecule has 0 saturated carbocycles. The number of anilines is 1. The van der Waals surface area contributed by atoms with Crippen molar-refractivity contribution in [3.63, 3.8) is 0 Å². The number of nitrogens with one attached hydrogen (secondary N) is 1. The molecule has 0 atom stereocenters. The Morgan fingerprint density at radius 3 is 2.56 bits per heavy atom. The molecule has 86 valence electrons. The third-order valence-corrected chi connectivity index (χ3v) is 3.58. The van der Waals surface area contributed by atoms with Gasteiger partial charge in [-0.1, -0.05) is 35.0 Å². The minimum atomic E-state index is -0.591. The topological polar surface area (TPSA) is 24.4 Å². The van der Waals surface area contributed by atoms with Crippen molar-refractivity contribution in [3.05, 3.63) is 28.0 Å². The van der Waals surface area contributed by atoms with Gasteiger partial charge in [-0.25, -0.2) is 4.39 Å². The molecule has 1 N–H and O–H groups in total. The lowest BCUT2D eigenvalue weighted by Gasteiger charge is -2.13. The molecule has 0 bridgehead atoms. The third-order valence-electron chi connectivity index (χ3n) is 2.03. The maximum atomic E-state index is 13.2. The highest BCUT2D eigenvalue weighted by molar-refractivity contribution is 8.14. The molecule has 2 rings (SSSR count). The molecule has 0 unspecified atom stereocenters. The molecule has 0 spiro atoms. The number of amidine groups is 1. The summed E-state index contributed by atoms with van der Waals surface area (Å²) in [6.07, 6.45) is 1.08. The lowest BCUT2D eigenvalue weighted by atomic mass is 10.3. The van der Waals surface area contributed by atoms with Crippen LogP contribution in [0.5, 0.6) is 0 Å². The van der Waals surface area contributed by atoms with Gasteiger partial charge in [0.2, 0.25) is 0 Å². The van der Waals surface area contributed by atoms with Crippen molar-refractivity contribution in [2.45, 2.75) is 6.42 Å². The van der Waals surface area contributed by atoms with E-state index in [4.69, 9.17) is 23.2 Å². The van der Waals surface area contributed by atoms with E-state index in [0.29, 0.717) is 5.69 Å². The van der Waals surface area contributed by atoms with Crippen LogP contribution < -0.4 is 5.32 Å². The second-order valence-corrected chi connectivity index (χ2v) is 5.17. The van der Waals surface area contributed by atoms with Gasteiger partial charge in [-0.05, 0) is 18.6 Å². The normalized spacial score (nSPS) is 15.8. The average molecular weight is 279 g/mol. The van der Waals surface area contributed by atoms with Crippen LogP contribution in [0, 0.1) is 5.82 Å². The molecule has 1 aliphatic rings. The van der Waals surface area contributed by atoms with Crippen molar-refractivity contribution in [1.29, 1.82) is 0 Å². The number of thioether (sulfide) groups is 1. The number of halogens is 3. The summed E-state index contributed by atoms with van der Waals surface area (Å²) < 4.78 is 13.2. The summed E-state index contributed by atoms with van der Waals surface area (Å²) in [7, 11) is 0. The van der Waals surface area contributed by atoms with E-state index in [-0.39, 0.29) is 10.0 Å². The molecule has 1 aromatic rings. The average Bonchev–Trinajstić information content (AvgIpc) is 2.27. The van der Waals surface area contributed by atoms with Crippen LogP contribution in [0.4, 0.5) is 10.1 Å². The van der Waals surface area contributed by atoms with Gasteiger partial charge in [-0.2, -0.15) is 0 Å². The smallest absolute Gasteiger partial charge is 0.161 e. The Bertz CT molecular complexity index is 414. The molecule has 0 amide bonds. The molecule has 0 aromatic heterocycles. The monoisotopic (exact) mass is 278 g/mol. The summed E-state index contributed by atoms with van der Waals surface area (Å²) in [4.78, 5) is 4.30. The van der Waals surface area contributed by atoms with Crippen LogP contribution >= 0.6 is 35.0 Å². The van der Waals surface area contributed by atoms with Crippen molar-refractivity contribution in [2.24, 2.45) is 4.99 Å². The van der Waals surface area contributed by atoms with Crippen molar-refractivity contribution in [3.8, 4) is 0 Å². The largest absolute Gasteiger partial charge is 0.335 e. The van der Waals surface area contributed by atoms with Crippen molar-refractivity contribution >= 4 is 45.8 Å². The maximum Gasteiger partial charge on any atom is 0.161 e. The minimum Gasteiger partial charge on any atom is -0.335 e. The van der Waals surface area contributed by atoms with Gasteiger partial charge in [0.05, 0.1) is 10.0 Å². The molecule has 1 aromatic carbocycles. The molecule has 0 saturated heterocycles. The van der Waals surface area contributed by atoms with Gasteiger partial charge in [-0.3, -0.25) is 4.99 Å². The number of rotatable bonds is 1. The number of hydrogen-bond acceptors (Lipinski definition) is 3. The number of aliphatic imine (C=N–C) groups is 1. The molecule has 0 aliphatic carbocycles. The van der Waals surface area contributed by atoms with Crippen LogP contribution in [0.1, 0.15) is 6.42 Å². The standard InChI is InChI=1S/C10H9Cl2FN2S/c11-7-4-6(5-8(12)9(7)13)15-10-14-2-1-3-16-10/h4-5H,1-3H2,(H,14,15). The Balaban J connectivity index is 2.18. The van der Waals surface area contributed by atoms with Gasteiger partial charge in [0.15, 0.2) is 11.0 Å².